The Bertz CT molecular complexity index is 1000. The van der Waals surface area contributed by atoms with Crippen molar-refractivity contribution in [2.75, 3.05) is 7.11 Å². The van der Waals surface area contributed by atoms with E-state index in [1.54, 1.807) is 0 Å². The van der Waals surface area contributed by atoms with Crippen molar-refractivity contribution in [3.8, 4) is 17.2 Å². The second kappa shape index (κ2) is 8.35. The highest BCUT2D eigenvalue weighted by Crippen LogP contribution is 2.39. The summed E-state index contributed by atoms with van der Waals surface area (Å²) in [6.45, 7) is 0. The third-order valence-corrected chi connectivity index (χ3v) is 4.99. The van der Waals surface area contributed by atoms with Gasteiger partial charge >= 0.3 is 11.4 Å². The summed E-state index contributed by atoms with van der Waals surface area (Å²) in [7, 11) is 1.14. The van der Waals surface area contributed by atoms with Crippen molar-refractivity contribution in [1.82, 2.24) is 10.2 Å². The zero-order chi connectivity index (χ0) is 20.3. The molecule has 0 spiro atoms. The molecule has 0 aliphatic carbocycles. The number of halogens is 1. The van der Waals surface area contributed by atoms with E-state index in [2.05, 4.69) is 26.1 Å². The van der Waals surface area contributed by atoms with Crippen LogP contribution < -0.4 is 4.74 Å². The van der Waals surface area contributed by atoms with Crippen LogP contribution in [-0.4, -0.2) is 27.2 Å². The average molecular weight is 467 g/mol. The van der Waals surface area contributed by atoms with Gasteiger partial charge < -0.3 is 9.15 Å². The Morgan fingerprint density at radius 3 is 2.25 bits per heavy atom. The molecule has 0 fully saturated rings. The summed E-state index contributed by atoms with van der Waals surface area (Å²) in [5.74, 6) is 0.0916. The first-order chi connectivity index (χ1) is 13.4. The van der Waals surface area contributed by atoms with Crippen LogP contribution in [0.5, 0.6) is 5.75 Å². The molecule has 2 aromatic carbocycles. The van der Waals surface area contributed by atoms with Crippen molar-refractivity contribution in [3.63, 3.8) is 0 Å². The van der Waals surface area contributed by atoms with Gasteiger partial charge in [-0.15, -0.1) is 10.2 Å². The number of nitrogens with zero attached hydrogens (tertiary/aromatic N) is 4. The molecule has 0 N–H and O–H groups in total. The van der Waals surface area contributed by atoms with E-state index in [0.717, 1.165) is 28.9 Å². The van der Waals surface area contributed by atoms with Crippen molar-refractivity contribution in [2.45, 2.75) is 11.0 Å². The van der Waals surface area contributed by atoms with Crippen molar-refractivity contribution in [3.05, 3.63) is 66.7 Å². The van der Waals surface area contributed by atoms with Crippen LogP contribution in [-0.2, 0) is 5.75 Å². The molecule has 0 radical (unpaired) electrons. The predicted molar refractivity (Wildman–Crippen MR) is 103 cm³/mol. The van der Waals surface area contributed by atoms with Gasteiger partial charge in [-0.1, -0.05) is 27.7 Å². The number of nitro benzene ring substituents is 2. The maximum atomic E-state index is 11.2. The lowest BCUT2D eigenvalue weighted by atomic mass is 10.1. The molecular formula is C16H11BrN4O6S. The number of thioether (sulfide) groups is 1. The Morgan fingerprint density at radius 1 is 1.11 bits per heavy atom. The first kappa shape index (κ1) is 19.8. The molecule has 144 valence electrons. The van der Waals surface area contributed by atoms with Gasteiger partial charge in [0.25, 0.3) is 11.0 Å². The number of hydrogen-bond donors (Lipinski definition) is 0. The van der Waals surface area contributed by atoms with Gasteiger partial charge in [-0.3, -0.25) is 20.2 Å². The fraction of sp³-hybridized carbons (Fsp3) is 0.125. The third kappa shape index (κ3) is 4.28. The van der Waals surface area contributed by atoms with Crippen LogP contribution in [0.2, 0.25) is 0 Å². The molecule has 0 amide bonds. The second-order valence-electron chi connectivity index (χ2n) is 5.35. The van der Waals surface area contributed by atoms with E-state index in [4.69, 9.17) is 9.15 Å². The lowest BCUT2D eigenvalue weighted by molar-refractivity contribution is -0.395. The molecule has 10 nitrogen and oxygen atoms in total. The normalized spacial score (nSPS) is 10.6. The SMILES string of the molecule is COc1c([N+](=O)[O-])cc(CSc2nnc(-c3ccc(Br)cc3)o2)cc1[N+](=O)[O-]. The lowest BCUT2D eigenvalue weighted by Gasteiger charge is -2.05. The number of ether oxygens (including phenoxy) is 1. The molecular weight excluding hydrogens is 456 g/mol. The molecule has 12 heteroatoms. The number of rotatable bonds is 7. The van der Waals surface area contributed by atoms with E-state index in [0.29, 0.717) is 11.5 Å². The van der Waals surface area contributed by atoms with E-state index in [9.17, 15) is 20.2 Å². The van der Waals surface area contributed by atoms with Crippen molar-refractivity contribution >= 4 is 39.1 Å². The van der Waals surface area contributed by atoms with E-state index < -0.39 is 21.2 Å². The van der Waals surface area contributed by atoms with Crippen LogP contribution in [0.1, 0.15) is 5.56 Å². The number of hydrogen-bond acceptors (Lipinski definition) is 9. The van der Waals surface area contributed by atoms with Gasteiger partial charge in [-0.05, 0) is 29.8 Å². The minimum absolute atomic E-state index is 0.160. The molecule has 0 unspecified atom stereocenters. The number of methoxy groups -OCH3 is 1. The Balaban J connectivity index is 1.82. The highest BCUT2D eigenvalue weighted by molar-refractivity contribution is 9.10. The highest BCUT2D eigenvalue weighted by Gasteiger charge is 2.28. The van der Waals surface area contributed by atoms with Crippen LogP contribution in [0.25, 0.3) is 11.5 Å². The number of aromatic nitrogens is 2. The summed E-state index contributed by atoms with van der Waals surface area (Å²) < 4.78 is 11.3. The lowest BCUT2D eigenvalue weighted by Crippen LogP contribution is -2.00. The van der Waals surface area contributed by atoms with Gasteiger partial charge in [0.2, 0.25) is 5.89 Å². The third-order valence-electron chi connectivity index (χ3n) is 3.57. The molecule has 0 bridgehead atoms. The maximum absolute atomic E-state index is 11.2. The molecule has 28 heavy (non-hydrogen) atoms. The molecule has 0 atom stereocenters. The van der Waals surface area contributed by atoms with Crippen LogP contribution in [0.3, 0.4) is 0 Å². The zero-order valence-electron chi connectivity index (χ0n) is 14.2. The van der Waals surface area contributed by atoms with Crippen LogP contribution in [0.15, 0.2) is 50.5 Å². The Hall–Kier alpha value is -2.99. The largest absolute Gasteiger partial charge is 0.485 e. The van der Waals surface area contributed by atoms with E-state index in [1.165, 1.54) is 12.1 Å². The summed E-state index contributed by atoms with van der Waals surface area (Å²) in [6.07, 6.45) is 0. The van der Waals surface area contributed by atoms with Gasteiger partial charge in [0.15, 0.2) is 0 Å². The maximum Gasteiger partial charge on any atom is 0.318 e. The fourth-order valence-electron chi connectivity index (χ4n) is 2.34. The summed E-state index contributed by atoms with van der Waals surface area (Å²) >= 11 is 4.45. The smallest absolute Gasteiger partial charge is 0.318 e. The number of nitro groups is 2. The van der Waals surface area contributed by atoms with Gasteiger partial charge in [-0.2, -0.15) is 0 Å². The summed E-state index contributed by atoms with van der Waals surface area (Å²) in [5, 5.41) is 30.6. The minimum atomic E-state index is -0.724. The van der Waals surface area contributed by atoms with Gasteiger partial charge in [-0.25, -0.2) is 0 Å². The molecule has 3 aromatic rings. The molecule has 0 aliphatic rings. The predicted octanol–water partition coefficient (Wildman–Crippen LogP) is 4.62. The molecule has 1 heterocycles. The second-order valence-corrected chi connectivity index (χ2v) is 7.19. The topological polar surface area (TPSA) is 134 Å². The molecule has 1 aromatic heterocycles. The standard InChI is InChI=1S/C16H11BrN4O6S/c1-26-14-12(20(22)23)6-9(7-13(14)21(24)25)8-28-16-19-18-15(27-16)10-2-4-11(17)5-3-10/h2-7H,8H2,1H3. The molecule has 0 aliphatic heterocycles. The Morgan fingerprint density at radius 2 is 1.71 bits per heavy atom. The molecule has 0 saturated carbocycles. The summed E-state index contributed by atoms with van der Waals surface area (Å²) in [6, 6.07) is 9.74. The van der Waals surface area contributed by atoms with Gasteiger partial charge in [0, 0.05) is 27.9 Å². The fourth-order valence-corrected chi connectivity index (χ4v) is 3.30. The first-order valence-electron chi connectivity index (χ1n) is 7.61. The quantitative estimate of drug-likeness (QED) is 0.277. The van der Waals surface area contributed by atoms with Crippen molar-refractivity contribution < 1.29 is 19.0 Å². The van der Waals surface area contributed by atoms with Crippen LogP contribution in [0, 0.1) is 20.2 Å². The first-order valence-corrected chi connectivity index (χ1v) is 9.39. The van der Waals surface area contributed by atoms with E-state index >= 15 is 0 Å². The molecule has 0 saturated heterocycles. The Kier molecular flexibility index (Phi) is 5.90. The zero-order valence-corrected chi connectivity index (χ0v) is 16.6. The van der Waals surface area contributed by atoms with E-state index in [-0.39, 0.29) is 16.7 Å². The highest BCUT2D eigenvalue weighted by atomic mass is 79.9. The van der Waals surface area contributed by atoms with Crippen LogP contribution in [0.4, 0.5) is 11.4 Å². The molecule has 3 rings (SSSR count). The van der Waals surface area contributed by atoms with Gasteiger partial charge in [0.1, 0.15) is 0 Å². The monoisotopic (exact) mass is 466 g/mol. The van der Waals surface area contributed by atoms with Crippen molar-refractivity contribution in [2.24, 2.45) is 0 Å². The Labute approximate surface area is 170 Å². The van der Waals surface area contributed by atoms with Gasteiger partial charge in [0.05, 0.1) is 17.0 Å². The van der Waals surface area contributed by atoms with E-state index in [1.807, 2.05) is 24.3 Å². The average Bonchev–Trinajstić information content (AvgIpc) is 3.15. The summed E-state index contributed by atoms with van der Waals surface area (Å²) in [4.78, 5) is 21.0. The minimum Gasteiger partial charge on any atom is -0.485 e. The van der Waals surface area contributed by atoms with Crippen LogP contribution >= 0.6 is 27.7 Å². The van der Waals surface area contributed by atoms with Crippen molar-refractivity contribution in [1.29, 1.82) is 0 Å². The number of benzene rings is 2. The summed E-state index contributed by atoms with van der Waals surface area (Å²) in [5.41, 5.74) is 0.132.